The molecule has 3 aromatic rings. The quantitative estimate of drug-likeness (QED) is 0.383. The highest BCUT2D eigenvalue weighted by Crippen LogP contribution is 2.38. The van der Waals surface area contributed by atoms with Gasteiger partial charge in [0.2, 0.25) is 5.95 Å². The van der Waals surface area contributed by atoms with E-state index < -0.39 is 24.5 Å². The monoisotopic (exact) mass is 443 g/mol. The number of nitrogens with zero attached hydrogens (tertiary/aromatic N) is 5. The molecule has 0 spiro atoms. The normalized spacial score (nSPS) is 26.2. The number of rotatable bonds is 6. The van der Waals surface area contributed by atoms with Crippen LogP contribution in [0.5, 0.6) is 0 Å². The van der Waals surface area contributed by atoms with Gasteiger partial charge in [0.25, 0.3) is 0 Å². The van der Waals surface area contributed by atoms with Gasteiger partial charge in [0.15, 0.2) is 11.9 Å². The van der Waals surface area contributed by atoms with E-state index in [2.05, 4.69) is 27.0 Å². The molecule has 0 aliphatic carbocycles. The molecule has 2 aromatic heterocycles. The fourth-order valence-electron chi connectivity index (χ4n) is 4.18. The number of aromatic nitrogens is 4. The van der Waals surface area contributed by atoms with E-state index in [0.717, 1.165) is 36.7 Å². The lowest BCUT2D eigenvalue weighted by atomic mass is 10.1. The molecule has 2 saturated heterocycles. The average Bonchev–Trinajstić information content (AvgIpc) is 3.52. The summed E-state index contributed by atoms with van der Waals surface area (Å²) in [6.45, 7) is 1.31. The lowest BCUT2D eigenvalue weighted by molar-refractivity contribution is -0.0504. The van der Waals surface area contributed by atoms with E-state index in [9.17, 15) is 15.3 Å². The van der Waals surface area contributed by atoms with Crippen LogP contribution in [0.15, 0.2) is 41.7 Å². The number of hydrogen-bond acceptors (Lipinski definition) is 9. The summed E-state index contributed by atoms with van der Waals surface area (Å²) in [6.07, 6.45) is -0.546. The largest absolute Gasteiger partial charge is 0.394 e. The third kappa shape index (κ3) is 3.79. The zero-order chi connectivity index (χ0) is 21.4. The molecule has 164 valence electrons. The van der Waals surface area contributed by atoms with Crippen molar-refractivity contribution in [2.24, 2.45) is 0 Å². The molecule has 0 amide bonds. The standard InChI is InChI=1S/C21H25N5O4S/c27-10-14-16(28)17(29)20(30-14)26-18-15(24-21(26)25-8-4-5-9-25)19(23-12-22-18)31-11-13-6-2-1-3-7-13/h1-3,6-7,12,14,16-17,20,27-29H,4-5,8-11H2/t14-,16-,17-,20-/m1/s1. The van der Waals surface area contributed by atoms with E-state index in [0.29, 0.717) is 17.1 Å². The van der Waals surface area contributed by atoms with Crippen LogP contribution in [0, 0.1) is 0 Å². The Balaban J connectivity index is 1.56. The van der Waals surface area contributed by atoms with Crippen molar-refractivity contribution in [1.82, 2.24) is 19.5 Å². The van der Waals surface area contributed by atoms with Crippen LogP contribution in [-0.4, -0.2) is 72.8 Å². The van der Waals surface area contributed by atoms with Gasteiger partial charge in [-0.05, 0) is 18.4 Å². The van der Waals surface area contributed by atoms with E-state index in [1.165, 1.54) is 11.9 Å². The van der Waals surface area contributed by atoms with Gasteiger partial charge in [-0.1, -0.05) is 42.1 Å². The summed E-state index contributed by atoms with van der Waals surface area (Å²) in [5.41, 5.74) is 2.37. The zero-order valence-electron chi connectivity index (χ0n) is 16.9. The van der Waals surface area contributed by atoms with Crippen molar-refractivity contribution in [3.63, 3.8) is 0 Å². The molecule has 4 atom stereocenters. The molecule has 2 aliphatic rings. The molecule has 1 aromatic carbocycles. The minimum Gasteiger partial charge on any atom is -0.394 e. The molecule has 0 bridgehead atoms. The summed E-state index contributed by atoms with van der Waals surface area (Å²) in [4.78, 5) is 15.9. The molecule has 9 nitrogen and oxygen atoms in total. The van der Waals surface area contributed by atoms with E-state index >= 15 is 0 Å². The molecule has 5 rings (SSSR count). The maximum atomic E-state index is 10.7. The Morgan fingerprint density at radius 3 is 2.55 bits per heavy atom. The molecular formula is C21H25N5O4S. The number of thioether (sulfide) groups is 1. The Bertz CT molecular complexity index is 1040. The summed E-state index contributed by atoms with van der Waals surface area (Å²) >= 11 is 1.58. The number of benzene rings is 1. The third-order valence-corrected chi connectivity index (χ3v) is 6.85. The predicted octanol–water partition coefficient (Wildman–Crippen LogP) is 1.33. The van der Waals surface area contributed by atoms with Gasteiger partial charge in [0.1, 0.15) is 35.2 Å². The second-order valence-corrected chi connectivity index (χ2v) is 8.79. The van der Waals surface area contributed by atoms with Crippen LogP contribution in [0.2, 0.25) is 0 Å². The summed E-state index contributed by atoms with van der Waals surface area (Å²) in [7, 11) is 0. The number of imidazole rings is 1. The Morgan fingerprint density at radius 1 is 1.06 bits per heavy atom. The van der Waals surface area contributed by atoms with Gasteiger partial charge in [-0.3, -0.25) is 4.57 Å². The highest BCUT2D eigenvalue weighted by molar-refractivity contribution is 7.98. The van der Waals surface area contributed by atoms with Crippen LogP contribution in [0.4, 0.5) is 5.95 Å². The number of fused-ring (bicyclic) bond motifs is 1. The smallest absolute Gasteiger partial charge is 0.210 e. The topological polar surface area (TPSA) is 117 Å². The van der Waals surface area contributed by atoms with Crippen molar-refractivity contribution in [2.75, 3.05) is 24.6 Å². The van der Waals surface area contributed by atoms with Crippen molar-refractivity contribution in [1.29, 1.82) is 0 Å². The molecule has 0 unspecified atom stereocenters. The van der Waals surface area contributed by atoms with Crippen molar-refractivity contribution >= 4 is 28.9 Å². The lowest BCUT2D eigenvalue weighted by Gasteiger charge is -2.23. The molecule has 31 heavy (non-hydrogen) atoms. The summed E-state index contributed by atoms with van der Waals surface area (Å²) < 4.78 is 7.58. The first-order chi connectivity index (χ1) is 15.2. The molecule has 0 saturated carbocycles. The fraction of sp³-hybridized carbons (Fsp3) is 0.476. The first-order valence-corrected chi connectivity index (χ1v) is 11.4. The van der Waals surface area contributed by atoms with Gasteiger partial charge in [0, 0.05) is 18.8 Å². The van der Waals surface area contributed by atoms with Gasteiger partial charge in [-0.15, -0.1) is 0 Å². The van der Waals surface area contributed by atoms with Crippen molar-refractivity contribution < 1.29 is 20.1 Å². The minimum absolute atomic E-state index is 0.381. The Labute approximate surface area is 183 Å². The fourth-order valence-corrected chi connectivity index (χ4v) is 5.07. The summed E-state index contributed by atoms with van der Waals surface area (Å²) in [5.74, 6) is 1.39. The molecule has 0 radical (unpaired) electrons. The Morgan fingerprint density at radius 2 is 1.84 bits per heavy atom. The third-order valence-electron chi connectivity index (χ3n) is 5.80. The predicted molar refractivity (Wildman–Crippen MR) is 116 cm³/mol. The van der Waals surface area contributed by atoms with Gasteiger partial charge in [-0.25, -0.2) is 15.0 Å². The van der Waals surface area contributed by atoms with Gasteiger partial charge in [0.05, 0.1) is 6.61 Å². The van der Waals surface area contributed by atoms with E-state index in [4.69, 9.17) is 9.72 Å². The second-order valence-electron chi connectivity index (χ2n) is 7.83. The highest BCUT2D eigenvalue weighted by atomic mass is 32.2. The Kier molecular flexibility index (Phi) is 5.81. The van der Waals surface area contributed by atoms with Crippen LogP contribution >= 0.6 is 11.8 Å². The van der Waals surface area contributed by atoms with Crippen LogP contribution in [0.25, 0.3) is 11.2 Å². The Hall–Kier alpha value is -2.24. The number of hydrogen-bond donors (Lipinski definition) is 3. The average molecular weight is 444 g/mol. The number of aliphatic hydroxyl groups is 3. The summed E-state index contributed by atoms with van der Waals surface area (Å²) in [6, 6.07) is 10.1. The maximum Gasteiger partial charge on any atom is 0.210 e. The maximum absolute atomic E-state index is 10.7. The van der Waals surface area contributed by atoms with E-state index in [1.807, 2.05) is 18.2 Å². The van der Waals surface area contributed by atoms with E-state index in [1.54, 1.807) is 16.3 Å². The van der Waals surface area contributed by atoms with Crippen molar-refractivity contribution in [3.05, 3.63) is 42.2 Å². The number of ether oxygens (including phenoxy) is 1. The first kappa shape index (κ1) is 20.7. The molecule has 3 N–H and O–H groups in total. The molecular weight excluding hydrogens is 418 g/mol. The van der Waals surface area contributed by atoms with Gasteiger partial charge >= 0.3 is 0 Å². The van der Waals surface area contributed by atoms with Crippen LogP contribution in [0.3, 0.4) is 0 Å². The van der Waals surface area contributed by atoms with Crippen LogP contribution in [-0.2, 0) is 10.5 Å². The first-order valence-electron chi connectivity index (χ1n) is 10.4. The minimum atomic E-state index is -1.20. The van der Waals surface area contributed by atoms with Crippen LogP contribution < -0.4 is 4.90 Å². The molecule has 10 heteroatoms. The summed E-state index contributed by atoms with van der Waals surface area (Å²) in [5, 5.41) is 31.3. The SMILES string of the molecule is OC[C@H]1O[C@@H](n2c(N3CCCC3)nc3c(SCc4ccccc4)ncnc32)[C@H](O)[C@@H]1O. The number of anilines is 1. The van der Waals surface area contributed by atoms with Gasteiger partial charge in [-0.2, -0.15) is 0 Å². The second kappa shape index (κ2) is 8.71. The zero-order valence-corrected chi connectivity index (χ0v) is 17.7. The van der Waals surface area contributed by atoms with Gasteiger partial charge < -0.3 is 25.0 Å². The highest BCUT2D eigenvalue weighted by Gasteiger charge is 2.45. The lowest BCUT2D eigenvalue weighted by Crippen LogP contribution is -2.34. The van der Waals surface area contributed by atoms with Crippen molar-refractivity contribution in [2.45, 2.75) is 48.2 Å². The van der Waals surface area contributed by atoms with E-state index in [-0.39, 0.29) is 6.61 Å². The van der Waals surface area contributed by atoms with Crippen LogP contribution in [0.1, 0.15) is 24.6 Å². The van der Waals surface area contributed by atoms with Crippen molar-refractivity contribution in [3.8, 4) is 0 Å². The molecule has 2 fully saturated rings. The molecule has 2 aliphatic heterocycles. The molecule has 4 heterocycles. The number of aliphatic hydroxyl groups excluding tert-OH is 3.